The molecule has 4 atom stereocenters. The van der Waals surface area contributed by atoms with Gasteiger partial charge in [0.2, 0.25) is 0 Å². The molecule has 2 fully saturated rings. The van der Waals surface area contributed by atoms with Crippen LogP contribution in [0.25, 0.3) is 0 Å². The van der Waals surface area contributed by atoms with Crippen LogP contribution in [0, 0.1) is 17.3 Å². The summed E-state index contributed by atoms with van der Waals surface area (Å²) in [6.07, 6.45) is 7.03. The van der Waals surface area contributed by atoms with Crippen molar-refractivity contribution >= 4 is 0 Å². The average Bonchev–Trinajstić information content (AvgIpc) is 2.53. The Morgan fingerprint density at radius 1 is 1.00 bits per heavy atom. The van der Waals surface area contributed by atoms with Gasteiger partial charge in [-0.15, -0.1) is 0 Å². The minimum atomic E-state index is 0.409. The van der Waals surface area contributed by atoms with E-state index in [9.17, 15) is 0 Å². The van der Waals surface area contributed by atoms with E-state index < -0.39 is 0 Å². The first kappa shape index (κ1) is 14.3. The average molecular weight is 252 g/mol. The van der Waals surface area contributed by atoms with Crippen molar-refractivity contribution in [3.63, 3.8) is 0 Å². The summed E-state index contributed by atoms with van der Waals surface area (Å²) in [5.41, 5.74) is 6.66. The first-order valence-electron chi connectivity index (χ1n) is 7.87. The van der Waals surface area contributed by atoms with Crippen LogP contribution in [0.3, 0.4) is 0 Å². The molecule has 0 aromatic carbocycles. The molecule has 4 unspecified atom stereocenters. The molecule has 0 spiro atoms. The Morgan fingerprint density at radius 3 is 2.28 bits per heavy atom. The van der Waals surface area contributed by atoms with Gasteiger partial charge in [-0.3, -0.25) is 4.90 Å². The van der Waals surface area contributed by atoms with Gasteiger partial charge in [0.25, 0.3) is 0 Å². The lowest BCUT2D eigenvalue weighted by Gasteiger charge is -2.30. The maximum Gasteiger partial charge on any atom is 0.0206 e. The molecule has 0 aromatic rings. The molecule has 2 aliphatic rings. The fraction of sp³-hybridized carbons (Fsp3) is 1.00. The van der Waals surface area contributed by atoms with Crippen LogP contribution in [0.2, 0.25) is 0 Å². The number of nitrogens with zero attached hydrogens (tertiary/aromatic N) is 1. The summed E-state index contributed by atoms with van der Waals surface area (Å²) in [6.45, 7) is 11.9. The van der Waals surface area contributed by atoms with Gasteiger partial charge < -0.3 is 5.73 Å². The zero-order valence-corrected chi connectivity index (χ0v) is 12.8. The highest BCUT2D eigenvalue weighted by Crippen LogP contribution is 2.38. The molecule has 1 saturated carbocycles. The van der Waals surface area contributed by atoms with Crippen LogP contribution in [0.1, 0.15) is 59.8 Å². The zero-order chi connectivity index (χ0) is 13.3. The third-order valence-corrected chi connectivity index (χ3v) is 5.38. The van der Waals surface area contributed by atoms with Crippen molar-refractivity contribution in [3.05, 3.63) is 0 Å². The summed E-state index contributed by atoms with van der Waals surface area (Å²) < 4.78 is 0. The second-order valence-corrected chi connectivity index (χ2v) is 7.82. The van der Waals surface area contributed by atoms with Crippen LogP contribution in [0.15, 0.2) is 0 Å². The van der Waals surface area contributed by atoms with Crippen molar-refractivity contribution in [2.45, 2.75) is 71.9 Å². The van der Waals surface area contributed by atoms with Crippen LogP contribution in [0.4, 0.5) is 0 Å². The number of rotatable bonds is 1. The normalized spacial score (nSPS) is 39.8. The lowest BCUT2D eigenvalue weighted by molar-refractivity contribution is 0.191. The van der Waals surface area contributed by atoms with Crippen molar-refractivity contribution in [1.29, 1.82) is 0 Å². The van der Waals surface area contributed by atoms with Gasteiger partial charge in [0.05, 0.1) is 0 Å². The van der Waals surface area contributed by atoms with Crippen molar-refractivity contribution in [2.75, 3.05) is 13.1 Å². The molecule has 106 valence electrons. The van der Waals surface area contributed by atoms with E-state index in [4.69, 9.17) is 5.73 Å². The van der Waals surface area contributed by atoms with E-state index in [0.29, 0.717) is 17.4 Å². The molecule has 1 saturated heterocycles. The third kappa shape index (κ3) is 3.27. The molecule has 2 nitrogen and oxygen atoms in total. The van der Waals surface area contributed by atoms with Gasteiger partial charge in [0.15, 0.2) is 0 Å². The van der Waals surface area contributed by atoms with Crippen LogP contribution in [-0.4, -0.2) is 30.1 Å². The maximum absolute atomic E-state index is 6.17. The van der Waals surface area contributed by atoms with E-state index in [2.05, 4.69) is 32.6 Å². The van der Waals surface area contributed by atoms with E-state index in [1.807, 2.05) is 0 Å². The van der Waals surface area contributed by atoms with E-state index in [-0.39, 0.29) is 0 Å². The minimum absolute atomic E-state index is 0.409. The van der Waals surface area contributed by atoms with Crippen molar-refractivity contribution < 1.29 is 0 Å². The van der Waals surface area contributed by atoms with Crippen LogP contribution >= 0.6 is 0 Å². The van der Waals surface area contributed by atoms with Gasteiger partial charge in [0, 0.05) is 25.2 Å². The predicted molar refractivity (Wildman–Crippen MR) is 78.5 cm³/mol. The van der Waals surface area contributed by atoms with Crippen molar-refractivity contribution in [2.24, 2.45) is 23.0 Å². The van der Waals surface area contributed by atoms with E-state index in [0.717, 1.165) is 18.5 Å². The molecule has 18 heavy (non-hydrogen) atoms. The molecule has 2 rings (SSSR count). The van der Waals surface area contributed by atoms with Gasteiger partial charge in [-0.25, -0.2) is 0 Å². The number of likely N-dealkylation sites (tertiary alicyclic amines) is 1. The molecule has 0 radical (unpaired) electrons. The summed E-state index contributed by atoms with van der Waals surface area (Å²) in [5, 5.41) is 0. The topological polar surface area (TPSA) is 29.3 Å². The fourth-order valence-electron chi connectivity index (χ4n) is 3.84. The smallest absolute Gasteiger partial charge is 0.0206 e. The molecule has 1 aliphatic heterocycles. The molecule has 0 aromatic heterocycles. The lowest BCUT2D eigenvalue weighted by Crippen LogP contribution is -2.35. The van der Waals surface area contributed by atoms with E-state index in [1.54, 1.807) is 0 Å². The number of hydrogen-bond donors (Lipinski definition) is 1. The SMILES string of the molecule is CC1CN(C2CCCC(C(C)(C)C)CC2)CC1N. The summed E-state index contributed by atoms with van der Waals surface area (Å²) in [6, 6.07) is 1.22. The quantitative estimate of drug-likeness (QED) is 0.726. The number of hydrogen-bond acceptors (Lipinski definition) is 2. The van der Waals surface area contributed by atoms with Crippen LogP contribution in [0.5, 0.6) is 0 Å². The second kappa shape index (κ2) is 5.50. The van der Waals surface area contributed by atoms with Gasteiger partial charge in [-0.2, -0.15) is 0 Å². The molecule has 1 heterocycles. The fourth-order valence-corrected chi connectivity index (χ4v) is 3.84. The Balaban J connectivity index is 1.90. The summed E-state index contributed by atoms with van der Waals surface area (Å²) in [5.74, 6) is 1.60. The van der Waals surface area contributed by atoms with E-state index >= 15 is 0 Å². The Bertz CT molecular complexity index is 259. The predicted octanol–water partition coefficient (Wildman–Crippen LogP) is 3.26. The largest absolute Gasteiger partial charge is 0.326 e. The zero-order valence-electron chi connectivity index (χ0n) is 12.8. The van der Waals surface area contributed by atoms with Gasteiger partial charge in [0.1, 0.15) is 0 Å². The molecule has 2 N–H and O–H groups in total. The third-order valence-electron chi connectivity index (χ3n) is 5.38. The molecule has 0 amide bonds. The molecular weight excluding hydrogens is 220 g/mol. The highest BCUT2D eigenvalue weighted by Gasteiger charge is 2.34. The van der Waals surface area contributed by atoms with Crippen molar-refractivity contribution in [1.82, 2.24) is 4.90 Å². The highest BCUT2D eigenvalue weighted by molar-refractivity contribution is 4.90. The Hall–Kier alpha value is -0.0800. The van der Waals surface area contributed by atoms with E-state index in [1.165, 1.54) is 38.6 Å². The highest BCUT2D eigenvalue weighted by atomic mass is 15.2. The van der Waals surface area contributed by atoms with Crippen molar-refractivity contribution in [3.8, 4) is 0 Å². The van der Waals surface area contributed by atoms with Gasteiger partial charge in [-0.05, 0) is 42.9 Å². The maximum atomic E-state index is 6.17. The lowest BCUT2D eigenvalue weighted by atomic mass is 9.76. The first-order valence-corrected chi connectivity index (χ1v) is 7.87. The standard InChI is InChI=1S/C16H32N2/c1-12-10-18(11-15(12)17)14-7-5-6-13(8-9-14)16(2,3)4/h12-15H,5-11,17H2,1-4H3. The minimum Gasteiger partial charge on any atom is -0.326 e. The van der Waals surface area contributed by atoms with Gasteiger partial charge in [-0.1, -0.05) is 34.1 Å². The Labute approximate surface area is 113 Å². The molecular formula is C16H32N2. The summed E-state index contributed by atoms with van der Waals surface area (Å²) in [4.78, 5) is 2.68. The van der Waals surface area contributed by atoms with Gasteiger partial charge >= 0.3 is 0 Å². The van der Waals surface area contributed by atoms with Crippen LogP contribution in [-0.2, 0) is 0 Å². The molecule has 1 aliphatic carbocycles. The Morgan fingerprint density at radius 2 is 1.72 bits per heavy atom. The second-order valence-electron chi connectivity index (χ2n) is 7.82. The monoisotopic (exact) mass is 252 g/mol. The molecule has 2 heteroatoms. The number of nitrogens with two attached hydrogens (primary N) is 1. The molecule has 0 bridgehead atoms. The Kier molecular flexibility index (Phi) is 4.38. The first-order chi connectivity index (χ1) is 8.38. The summed E-state index contributed by atoms with van der Waals surface area (Å²) in [7, 11) is 0. The van der Waals surface area contributed by atoms with Crippen LogP contribution < -0.4 is 5.73 Å². The summed E-state index contributed by atoms with van der Waals surface area (Å²) >= 11 is 0.